The van der Waals surface area contributed by atoms with Gasteiger partial charge in [0.1, 0.15) is 0 Å². The van der Waals surface area contributed by atoms with E-state index in [0.717, 1.165) is 0 Å². The lowest BCUT2D eigenvalue weighted by atomic mass is 9.90. The Labute approximate surface area is 66.9 Å². The van der Waals surface area contributed by atoms with Crippen LogP contribution >= 0.6 is 0 Å². The molecule has 0 heterocycles. The Morgan fingerprint density at radius 2 is 1.91 bits per heavy atom. The Morgan fingerprint density at radius 3 is 2.18 bits per heavy atom. The smallest absolute Gasteiger partial charge is 0.211 e. The van der Waals surface area contributed by atoms with Crippen molar-refractivity contribution in [2.24, 2.45) is 0 Å². The monoisotopic (exact) mass is 179 g/mol. The molecule has 0 unspecified atom stereocenters. The first-order chi connectivity index (χ1) is 4.91. The maximum absolute atomic E-state index is 10.9. The summed E-state index contributed by atoms with van der Waals surface area (Å²) in [7, 11) is -1.52. The highest BCUT2D eigenvalue weighted by atomic mass is 32.2. The summed E-state index contributed by atoms with van der Waals surface area (Å²) < 4.78 is 23.2. The second kappa shape index (κ2) is 2.73. The zero-order chi connectivity index (χ0) is 8.65. The highest BCUT2D eigenvalue weighted by Crippen LogP contribution is 2.25. The van der Waals surface area contributed by atoms with E-state index in [2.05, 4.69) is 0 Å². The molecule has 11 heavy (non-hydrogen) atoms. The molecule has 5 heteroatoms. The lowest BCUT2D eigenvalue weighted by Crippen LogP contribution is -2.47. The summed E-state index contributed by atoms with van der Waals surface area (Å²) in [4.78, 5) is 0. The van der Waals surface area contributed by atoms with Crippen LogP contribution in [0.1, 0.15) is 12.8 Å². The van der Waals surface area contributed by atoms with Crippen molar-refractivity contribution in [3.8, 4) is 0 Å². The second-order valence-corrected chi connectivity index (χ2v) is 5.10. The minimum Gasteiger partial charge on any atom is -0.393 e. The van der Waals surface area contributed by atoms with Gasteiger partial charge in [0.25, 0.3) is 0 Å². The Morgan fingerprint density at radius 1 is 1.45 bits per heavy atom. The van der Waals surface area contributed by atoms with Crippen LogP contribution < -0.4 is 0 Å². The van der Waals surface area contributed by atoms with Crippen LogP contribution in [0.2, 0.25) is 0 Å². The molecule has 1 saturated carbocycles. The minimum atomic E-state index is -3.06. The average Bonchev–Trinajstić information content (AvgIpc) is 1.77. The summed E-state index contributed by atoms with van der Waals surface area (Å²) in [5.74, 6) is 0. The van der Waals surface area contributed by atoms with Crippen molar-refractivity contribution in [1.29, 1.82) is 0 Å². The first-order valence-corrected chi connectivity index (χ1v) is 5.37. The molecule has 1 rings (SSSR count). The van der Waals surface area contributed by atoms with Crippen LogP contribution in [0.4, 0.5) is 0 Å². The van der Waals surface area contributed by atoms with Gasteiger partial charge < -0.3 is 5.11 Å². The molecule has 0 aromatic carbocycles. The highest BCUT2D eigenvalue weighted by molar-refractivity contribution is 7.88. The van der Waals surface area contributed by atoms with Gasteiger partial charge in [-0.25, -0.2) is 12.7 Å². The van der Waals surface area contributed by atoms with Gasteiger partial charge in [0, 0.05) is 13.1 Å². The fraction of sp³-hybridized carbons (Fsp3) is 1.00. The summed E-state index contributed by atoms with van der Waals surface area (Å²) in [6, 6.07) is 0.0139. The van der Waals surface area contributed by atoms with Crippen LogP contribution in [0.15, 0.2) is 0 Å². The standard InChI is InChI=1S/C6H13NO3S/c1-7(11(2,9)10)5-3-6(8)4-5/h5-6,8H,3-4H2,1-2H3. The summed E-state index contributed by atoms with van der Waals surface area (Å²) in [5, 5.41) is 8.91. The van der Waals surface area contributed by atoms with E-state index in [1.54, 1.807) is 7.05 Å². The lowest BCUT2D eigenvalue weighted by molar-refractivity contribution is 0.0398. The maximum Gasteiger partial charge on any atom is 0.211 e. The third-order valence-electron chi connectivity index (χ3n) is 2.13. The Bertz CT molecular complexity index is 230. The molecule has 1 fully saturated rings. The van der Waals surface area contributed by atoms with Crippen molar-refractivity contribution in [3.05, 3.63) is 0 Å². The molecule has 0 aromatic heterocycles. The zero-order valence-electron chi connectivity index (χ0n) is 6.69. The number of nitrogens with zero attached hydrogens (tertiary/aromatic N) is 1. The quantitative estimate of drug-likeness (QED) is 0.616. The molecular weight excluding hydrogens is 166 g/mol. The molecule has 0 saturated heterocycles. The number of hydrogen-bond acceptors (Lipinski definition) is 3. The minimum absolute atomic E-state index is 0.0139. The van der Waals surface area contributed by atoms with Crippen molar-refractivity contribution < 1.29 is 13.5 Å². The predicted octanol–water partition coefficient (Wildman–Crippen LogP) is -0.599. The summed E-state index contributed by atoms with van der Waals surface area (Å²) in [6.07, 6.45) is 2.02. The normalized spacial score (nSPS) is 32.0. The van der Waals surface area contributed by atoms with Crippen LogP contribution in [0.3, 0.4) is 0 Å². The number of aliphatic hydroxyl groups is 1. The average molecular weight is 179 g/mol. The molecule has 66 valence electrons. The van der Waals surface area contributed by atoms with Gasteiger partial charge in [-0.15, -0.1) is 0 Å². The SMILES string of the molecule is CN(C1CC(O)C1)S(C)(=O)=O. The molecule has 0 radical (unpaired) electrons. The van der Waals surface area contributed by atoms with Gasteiger partial charge >= 0.3 is 0 Å². The van der Waals surface area contributed by atoms with Crippen LogP contribution in [-0.2, 0) is 10.0 Å². The van der Waals surface area contributed by atoms with Crippen molar-refractivity contribution >= 4 is 10.0 Å². The van der Waals surface area contributed by atoms with Crippen molar-refractivity contribution in [2.45, 2.75) is 25.0 Å². The molecule has 4 nitrogen and oxygen atoms in total. The van der Waals surface area contributed by atoms with Gasteiger partial charge in [-0.05, 0) is 12.8 Å². The predicted molar refractivity (Wildman–Crippen MR) is 41.6 cm³/mol. The van der Waals surface area contributed by atoms with Crippen LogP contribution in [0, 0.1) is 0 Å². The molecule has 1 N–H and O–H groups in total. The van der Waals surface area contributed by atoms with E-state index >= 15 is 0 Å². The first-order valence-electron chi connectivity index (χ1n) is 3.52. The topological polar surface area (TPSA) is 57.6 Å². The third kappa shape index (κ3) is 1.91. The summed E-state index contributed by atoms with van der Waals surface area (Å²) >= 11 is 0. The van der Waals surface area contributed by atoms with Crippen molar-refractivity contribution in [1.82, 2.24) is 4.31 Å². The first kappa shape index (κ1) is 8.96. The lowest BCUT2D eigenvalue weighted by Gasteiger charge is -2.36. The van der Waals surface area contributed by atoms with Crippen molar-refractivity contribution in [3.63, 3.8) is 0 Å². The van der Waals surface area contributed by atoms with Gasteiger partial charge in [-0.1, -0.05) is 0 Å². The van der Waals surface area contributed by atoms with Gasteiger partial charge in [-0.3, -0.25) is 0 Å². The van der Waals surface area contributed by atoms with Crippen LogP contribution in [0.5, 0.6) is 0 Å². The number of hydrogen-bond donors (Lipinski definition) is 1. The third-order valence-corrected chi connectivity index (χ3v) is 3.47. The van der Waals surface area contributed by atoms with Gasteiger partial charge in [0.15, 0.2) is 0 Å². The fourth-order valence-electron chi connectivity index (χ4n) is 1.13. The van der Waals surface area contributed by atoms with Crippen LogP contribution in [0.25, 0.3) is 0 Å². The molecule has 0 spiro atoms. The molecule has 0 aromatic rings. The highest BCUT2D eigenvalue weighted by Gasteiger charge is 2.34. The van der Waals surface area contributed by atoms with E-state index in [-0.39, 0.29) is 12.1 Å². The van der Waals surface area contributed by atoms with Gasteiger partial charge in [0.2, 0.25) is 10.0 Å². The van der Waals surface area contributed by atoms with E-state index in [0.29, 0.717) is 12.8 Å². The fourth-order valence-corrected chi connectivity index (χ4v) is 1.84. The van der Waals surface area contributed by atoms with Crippen molar-refractivity contribution in [2.75, 3.05) is 13.3 Å². The molecular formula is C6H13NO3S. The largest absolute Gasteiger partial charge is 0.393 e. The molecule has 0 atom stereocenters. The van der Waals surface area contributed by atoms with E-state index < -0.39 is 10.0 Å². The number of rotatable bonds is 2. The Kier molecular flexibility index (Phi) is 2.22. The molecule has 0 amide bonds. The van der Waals surface area contributed by atoms with Gasteiger partial charge in [-0.2, -0.15) is 0 Å². The Balaban J connectivity index is 2.51. The number of aliphatic hydroxyl groups excluding tert-OH is 1. The molecule has 0 bridgehead atoms. The van der Waals surface area contributed by atoms with E-state index in [4.69, 9.17) is 5.11 Å². The molecule has 1 aliphatic carbocycles. The summed E-state index contributed by atoms with van der Waals surface area (Å²) in [6.45, 7) is 0. The maximum atomic E-state index is 10.9. The molecule has 0 aliphatic heterocycles. The van der Waals surface area contributed by atoms with Gasteiger partial charge in [0.05, 0.1) is 12.4 Å². The number of sulfonamides is 1. The molecule has 1 aliphatic rings. The van der Waals surface area contributed by atoms with E-state index in [1.807, 2.05) is 0 Å². The Hall–Kier alpha value is -0.130. The summed E-state index contributed by atoms with van der Waals surface area (Å²) in [5.41, 5.74) is 0. The second-order valence-electron chi connectivity index (χ2n) is 3.06. The van der Waals surface area contributed by atoms with Crippen LogP contribution in [-0.4, -0.2) is 43.3 Å². The van der Waals surface area contributed by atoms with E-state index in [9.17, 15) is 8.42 Å². The zero-order valence-corrected chi connectivity index (χ0v) is 7.50. The van der Waals surface area contributed by atoms with E-state index in [1.165, 1.54) is 10.6 Å².